The zero-order chi connectivity index (χ0) is 3.41. The molecule has 4 heavy (non-hydrogen) atoms. The van der Waals surface area contributed by atoms with Gasteiger partial charge in [-0.05, 0) is 6.20 Å². The van der Waals surface area contributed by atoms with Crippen molar-refractivity contribution >= 4 is 7.85 Å². The lowest BCUT2D eigenvalue weighted by Crippen LogP contribution is -1.72. The summed E-state index contributed by atoms with van der Waals surface area (Å²) >= 11 is 0. The molecule has 0 aromatic heterocycles. The average Bonchev–Trinajstić information content (AvgIpc) is 1.37. The smallest absolute Gasteiger partial charge is 0.131 e. The predicted molar refractivity (Wildman–Crippen MR) is 21.9 cm³/mol. The van der Waals surface area contributed by atoms with E-state index in [1.54, 1.807) is 5.98 Å². The van der Waals surface area contributed by atoms with Gasteiger partial charge in [0, 0.05) is 0 Å². The van der Waals surface area contributed by atoms with Crippen molar-refractivity contribution in [1.82, 2.24) is 0 Å². The molecular weight excluding hydrogens is 48.8 g/mol. The van der Waals surface area contributed by atoms with Gasteiger partial charge in [0.1, 0.15) is 7.85 Å². The third kappa shape index (κ3) is 1.60. The van der Waals surface area contributed by atoms with Gasteiger partial charge in [-0.15, -0.1) is 5.98 Å². The minimum atomic E-state index is 1.50. The van der Waals surface area contributed by atoms with Crippen molar-refractivity contribution in [2.45, 2.75) is 0 Å². The molecule has 0 bridgehead atoms. The maximum atomic E-state index is 4.85. The highest BCUT2D eigenvalue weighted by Crippen LogP contribution is 1.36. The molecule has 0 atom stereocenters. The van der Waals surface area contributed by atoms with Crippen molar-refractivity contribution in [2.24, 2.45) is 5.73 Å². The van der Waals surface area contributed by atoms with E-state index in [0.29, 0.717) is 0 Å². The second kappa shape index (κ2) is 2.60. The van der Waals surface area contributed by atoms with Crippen LogP contribution >= 0.6 is 0 Å². The molecule has 0 aromatic carbocycles. The molecule has 0 radical (unpaired) electrons. The number of hydrogen-bond acceptors (Lipinski definition) is 1. The van der Waals surface area contributed by atoms with Gasteiger partial charge in [-0.3, -0.25) is 0 Å². The molecule has 0 rings (SSSR count). The molecule has 0 aromatic rings. The van der Waals surface area contributed by atoms with Crippen LogP contribution < -0.4 is 5.73 Å². The van der Waals surface area contributed by atoms with Gasteiger partial charge in [0.25, 0.3) is 0 Å². The van der Waals surface area contributed by atoms with Gasteiger partial charge in [0.05, 0.1) is 0 Å². The van der Waals surface area contributed by atoms with E-state index in [-0.39, 0.29) is 0 Å². The normalized spacial score (nSPS) is 9.00. The molecule has 0 saturated carbocycles. The van der Waals surface area contributed by atoms with Crippen molar-refractivity contribution < 1.29 is 0 Å². The van der Waals surface area contributed by atoms with Gasteiger partial charge in [0.15, 0.2) is 0 Å². The van der Waals surface area contributed by atoms with E-state index in [2.05, 4.69) is 0 Å². The topological polar surface area (TPSA) is 26.0 Å². The second-order valence-corrected chi connectivity index (χ2v) is 0.526. The van der Waals surface area contributed by atoms with Gasteiger partial charge in [0.2, 0.25) is 0 Å². The molecule has 22 valence electrons. The molecule has 2 N–H and O–H groups in total. The number of rotatable bonds is 0. The Balaban J connectivity index is 2.55. The van der Waals surface area contributed by atoms with Crippen LogP contribution in [0, 0.1) is 0 Å². The maximum absolute atomic E-state index is 4.85. The molecule has 0 aliphatic carbocycles. The fourth-order valence-electron chi connectivity index (χ4n) is 0. The van der Waals surface area contributed by atoms with Crippen LogP contribution in [-0.4, -0.2) is 7.85 Å². The lowest BCUT2D eigenvalue weighted by molar-refractivity contribution is 1.63. The first-order valence-corrected chi connectivity index (χ1v) is 1.24. The molecule has 0 heterocycles. The predicted octanol–water partition coefficient (Wildman–Crippen LogP) is -0.951. The van der Waals surface area contributed by atoms with Crippen LogP contribution in [-0.2, 0) is 0 Å². The third-order valence-corrected chi connectivity index (χ3v) is 0.192. The molecule has 0 fully saturated rings. The van der Waals surface area contributed by atoms with Crippen LogP contribution in [0.4, 0.5) is 0 Å². The Labute approximate surface area is 26.9 Å². The SMILES string of the molecule is B/C=C\N. The summed E-state index contributed by atoms with van der Waals surface area (Å²) in [5, 5.41) is 0. The molecule has 0 aliphatic heterocycles. The van der Waals surface area contributed by atoms with E-state index in [9.17, 15) is 0 Å². The molecule has 0 spiro atoms. The lowest BCUT2D eigenvalue weighted by atomic mass is 10.2. The van der Waals surface area contributed by atoms with Crippen LogP contribution in [0.5, 0.6) is 0 Å². The summed E-state index contributed by atoms with van der Waals surface area (Å²) in [7, 11) is 1.88. The summed E-state index contributed by atoms with van der Waals surface area (Å²) < 4.78 is 0. The van der Waals surface area contributed by atoms with Crippen LogP contribution in [0.25, 0.3) is 0 Å². The summed E-state index contributed by atoms with van der Waals surface area (Å²) in [6.07, 6.45) is 1.50. The third-order valence-electron chi connectivity index (χ3n) is 0.192. The Bertz CT molecular complexity index is 21.2. The van der Waals surface area contributed by atoms with Crippen molar-refractivity contribution in [2.75, 3.05) is 0 Å². The quantitative estimate of drug-likeness (QED) is 0.355. The van der Waals surface area contributed by atoms with Crippen molar-refractivity contribution in [3.8, 4) is 0 Å². The van der Waals surface area contributed by atoms with Crippen molar-refractivity contribution in [3.05, 3.63) is 12.2 Å². The molecule has 0 unspecified atom stereocenters. The monoisotopic (exact) mass is 55.1 g/mol. The molecule has 1 nitrogen and oxygen atoms in total. The Kier molecular flexibility index (Phi) is 2.35. The van der Waals surface area contributed by atoms with Crippen molar-refractivity contribution in [3.63, 3.8) is 0 Å². The van der Waals surface area contributed by atoms with E-state index in [0.717, 1.165) is 0 Å². The van der Waals surface area contributed by atoms with Gasteiger partial charge in [-0.25, -0.2) is 0 Å². The van der Waals surface area contributed by atoms with Crippen LogP contribution in [0.3, 0.4) is 0 Å². The summed E-state index contributed by atoms with van der Waals surface area (Å²) in [5.74, 6) is 1.78. The summed E-state index contributed by atoms with van der Waals surface area (Å²) in [6, 6.07) is 0. The second-order valence-electron chi connectivity index (χ2n) is 0.526. The van der Waals surface area contributed by atoms with E-state index in [4.69, 9.17) is 5.73 Å². The highest BCUT2D eigenvalue weighted by atomic mass is 14.5. The standard InChI is InChI=1S/C2H6BN/c3-1-2-4/h1-2H,3-4H2/b2-1-. The summed E-state index contributed by atoms with van der Waals surface area (Å²) in [6.45, 7) is 0. The molecule has 0 saturated heterocycles. The average molecular weight is 54.9 g/mol. The van der Waals surface area contributed by atoms with Gasteiger partial charge in [-0.2, -0.15) is 0 Å². The highest BCUT2D eigenvalue weighted by Gasteiger charge is 1.35. The number of nitrogens with two attached hydrogens (primary N) is 1. The Hall–Kier alpha value is -0.395. The van der Waals surface area contributed by atoms with E-state index < -0.39 is 0 Å². The van der Waals surface area contributed by atoms with Crippen LogP contribution in [0.15, 0.2) is 12.2 Å². The molecule has 0 amide bonds. The summed E-state index contributed by atoms with van der Waals surface area (Å²) in [5.41, 5.74) is 4.85. The first-order chi connectivity index (χ1) is 1.91. The van der Waals surface area contributed by atoms with E-state index >= 15 is 0 Å². The highest BCUT2D eigenvalue weighted by molar-refractivity contribution is 6.16. The van der Waals surface area contributed by atoms with Crippen molar-refractivity contribution in [1.29, 1.82) is 0 Å². The first-order valence-electron chi connectivity index (χ1n) is 1.24. The molecule has 2 heteroatoms. The van der Waals surface area contributed by atoms with Gasteiger partial charge < -0.3 is 5.73 Å². The van der Waals surface area contributed by atoms with Gasteiger partial charge >= 0.3 is 0 Å². The minimum absolute atomic E-state index is 1.50. The molecular formula is C2H6BN. The Morgan fingerprint density at radius 3 is 2.00 bits per heavy atom. The fraction of sp³-hybridized carbons (Fsp3) is 0. The van der Waals surface area contributed by atoms with E-state index in [1.165, 1.54) is 6.20 Å². The Morgan fingerprint density at radius 1 is 1.75 bits per heavy atom. The van der Waals surface area contributed by atoms with Crippen LogP contribution in [0.2, 0.25) is 0 Å². The lowest BCUT2D eigenvalue weighted by Gasteiger charge is -1.53. The maximum Gasteiger partial charge on any atom is 0.131 e. The summed E-state index contributed by atoms with van der Waals surface area (Å²) in [4.78, 5) is 0. The zero-order valence-electron chi connectivity index (χ0n) is 2.73. The molecule has 0 aliphatic rings. The largest absolute Gasteiger partial charge is 0.406 e. The number of hydrogen-bond donors (Lipinski definition) is 1. The zero-order valence-corrected chi connectivity index (χ0v) is 2.73. The fourth-order valence-corrected chi connectivity index (χ4v) is 0. The van der Waals surface area contributed by atoms with Crippen LogP contribution in [0.1, 0.15) is 0 Å². The van der Waals surface area contributed by atoms with E-state index in [1.807, 2.05) is 7.85 Å². The Morgan fingerprint density at radius 2 is 2.00 bits per heavy atom. The first kappa shape index (κ1) is 3.60. The van der Waals surface area contributed by atoms with Gasteiger partial charge in [-0.1, -0.05) is 0 Å². The minimum Gasteiger partial charge on any atom is -0.406 e.